The SMILES string of the molecule is CC(C)(C)OC(=O)N1CCC(Nc2ncncc2CCCC(F)(F)F)CC1. The Balaban J connectivity index is 1.86. The molecule has 0 aliphatic carbocycles. The van der Waals surface area contributed by atoms with Crippen molar-refractivity contribution in [2.24, 2.45) is 0 Å². The number of nitrogens with zero attached hydrogens (tertiary/aromatic N) is 3. The number of aromatic nitrogens is 2. The smallest absolute Gasteiger partial charge is 0.410 e. The zero-order chi connectivity index (χ0) is 20.1. The van der Waals surface area contributed by atoms with Crippen molar-refractivity contribution in [1.82, 2.24) is 14.9 Å². The molecule has 0 bridgehead atoms. The van der Waals surface area contributed by atoms with E-state index in [4.69, 9.17) is 4.74 Å². The Labute approximate surface area is 157 Å². The highest BCUT2D eigenvalue weighted by atomic mass is 19.4. The maximum absolute atomic E-state index is 12.3. The van der Waals surface area contributed by atoms with E-state index >= 15 is 0 Å². The van der Waals surface area contributed by atoms with Crippen molar-refractivity contribution in [3.63, 3.8) is 0 Å². The lowest BCUT2D eigenvalue weighted by Gasteiger charge is -2.34. The average Bonchev–Trinajstić information content (AvgIpc) is 2.54. The van der Waals surface area contributed by atoms with Gasteiger partial charge in [-0.1, -0.05) is 0 Å². The molecule has 1 aliphatic rings. The molecule has 9 heteroatoms. The molecule has 1 aromatic rings. The summed E-state index contributed by atoms with van der Waals surface area (Å²) in [6, 6.07) is 0.0972. The zero-order valence-electron chi connectivity index (χ0n) is 16.0. The molecule has 0 saturated carbocycles. The van der Waals surface area contributed by atoms with E-state index in [1.54, 1.807) is 11.1 Å². The summed E-state index contributed by atoms with van der Waals surface area (Å²) < 4.78 is 42.4. The number of hydrogen-bond donors (Lipinski definition) is 1. The number of aryl methyl sites for hydroxylation is 1. The monoisotopic (exact) mass is 388 g/mol. The van der Waals surface area contributed by atoms with Gasteiger partial charge in [0.1, 0.15) is 17.7 Å². The lowest BCUT2D eigenvalue weighted by atomic mass is 10.0. The van der Waals surface area contributed by atoms with Gasteiger partial charge < -0.3 is 15.0 Å². The van der Waals surface area contributed by atoms with E-state index in [0.717, 1.165) is 0 Å². The molecular formula is C18H27F3N4O2. The quantitative estimate of drug-likeness (QED) is 0.820. The molecule has 1 fully saturated rings. The van der Waals surface area contributed by atoms with E-state index in [9.17, 15) is 18.0 Å². The fourth-order valence-electron chi connectivity index (χ4n) is 2.88. The van der Waals surface area contributed by atoms with Crippen LogP contribution in [0.2, 0.25) is 0 Å². The summed E-state index contributed by atoms with van der Waals surface area (Å²) in [7, 11) is 0. The molecule has 1 aromatic heterocycles. The fourth-order valence-corrected chi connectivity index (χ4v) is 2.88. The van der Waals surface area contributed by atoms with Gasteiger partial charge in [0.05, 0.1) is 0 Å². The number of nitrogens with one attached hydrogen (secondary N) is 1. The number of hydrogen-bond acceptors (Lipinski definition) is 5. The van der Waals surface area contributed by atoms with Gasteiger partial charge in [-0.15, -0.1) is 0 Å². The third-order valence-electron chi connectivity index (χ3n) is 4.18. The number of amides is 1. The summed E-state index contributed by atoms with van der Waals surface area (Å²) in [6.45, 7) is 6.60. The first-order valence-corrected chi connectivity index (χ1v) is 9.13. The summed E-state index contributed by atoms with van der Waals surface area (Å²) in [5, 5.41) is 3.29. The van der Waals surface area contributed by atoms with Crippen molar-refractivity contribution in [3.05, 3.63) is 18.1 Å². The Morgan fingerprint density at radius 1 is 1.30 bits per heavy atom. The molecule has 0 aromatic carbocycles. The number of alkyl halides is 3. The lowest BCUT2D eigenvalue weighted by Crippen LogP contribution is -2.44. The molecule has 0 spiro atoms. The van der Waals surface area contributed by atoms with E-state index < -0.39 is 18.2 Å². The molecule has 2 heterocycles. The van der Waals surface area contributed by atoms with Crippen molar-refractivity contribution in [2.45, 2.75) is 70.7 Å². The topological polar surface area (TPSA) is 67.3 Å². The lowest BCUT2D eigenvalue weighted by molar-refractivity contribution is -0.135. The van der Waals surface area contributed by atoms with Crippen molar-refractivity contribution in [3.8, 4) is 0 Å². The molecule has 1 amide bonds. The van der Waals surface area contributed by atoms with Crippen LogP contribution in [-0.4, -0.2) is 51.9 Å². The number of piperidine rings is 1. The van der Waals surface area contributed by atoms with Crippen LogP contribution >= 0.6 is 0 Å². The average molecular weight is 388 g/mol. The van der Waals surface area contributed by atoms with Gasteiger partial charge in [-0.3, -0.25) is 0 Å². The molecule has 6 nitrogen and oxygen atoms in total. The second kappa shape index (κ2) is 8.75. The van der Waals surface area contributed by atoms with Crippen LogP contribution < -0.4 is 5.32 Å². The van der Waals surface area contributed by atoms with Gasteiger partial charge in [-0.05, 0) is 46.5 Å². The number of halogens is 3. The Hall–Kier alpha value is -2.06. The molecule has 0 radical (unpaired) electrons. The van der Waals surface area contributed by atoms with Crippen LogP contribution in [0.1, 0.15) is 52.0 Å². The van der Waals surface area contributed by atoms with Gasteiger partial charge >= 0.3 is 12.3 Å². The number of likely N-dealkylation sites (tertiary alicyclic amines) is 1. The highest BCUT2D eigenvalue weighted by Gasteiger charge is 2.28. The number of rotatable bonds is 5. The molecular weight excluding hydrogens is 361 g/mol. The first kappa shape index (κ1) is 21.2. The predicted octanol–water partition coefficient (Wildman–Crippen LogP) is 4.17. The molecule has 0 atom stereocenters. The summed E-state index contributed by atoms with van der Waals surface area (Å²) in [4.78, 5) is 21.9. The van der Waals surface area contributed by atoms with Crippen LogP contribution in [0.4, 0.5) is 23.8 Å². The van der Waals surface area contributed by atoms with Crippen LogP contribution in [0, 0.1) is 0 Å². The van der Waals surface area contributed by atoms with Gasteiger partial charge in [-0.2, -0.15) is 13.2 Å². The molecule has 152 valence electrons. The summed E-state index contributed by atoms with van der Waals surface area (Å²) >= 11 is 0. The van der Waals surface area contributed by atoms with E-state index in [1.807, 2.05) is 20.8 Å². The minimum Gasteiger partial charge on any atom is -0.444 e. The van der Waals surface area contributed by atoms with Gasteiger partial charge in [0.15, 0.2) is 0 Å². The van der Waals surface area contributed by atoms with Crippen molar-refractivity contribution in [1.29, 1.82) is 0 Å². The first-order chi connectivity index (χ1) is 12.5. The van der Waals surface area contributed by atoms with Crippen molar-refractivity contribution >= 4 is 11.9 Å². The maximum Gasteiger partial charge on any atom is 0.410 e. The Morgan fingerprint density at radius 3 is 2.56 bits per heavy atom. The van der Waals surface area contributed by atoms with Crippen LogP contribution in [0.5, 0.6) is 0 Å². The molecule has 1 saturated heterocycles. The molecule has 0 unspecified atom stereocenters. The second-order valence-electron chi connectivity index (χ2n) is 7.75. The first-order valence-electron chi connectivity index (χ1n) is 9.13. The molecule has 2 rings (SSSR count). The second-order valence-corrected chi connectivity index (χ2v) is 7.75. The number of anilines is 1. The minimum absolute atomic E-state index is 0.00262. The Morgan fingerprint density at radius 2 is 1.96 bits per heavy atom. The minimum atomic E-state index is -4.16. The van der Waals surface area contributed by atoms with Gasteiger partial charge in [0, 0.05) is 37.3 Å². The summed E-state index contributed by atoms with van der Waals surface area (Å²) in [5.74, 6) is 0.572. The highest BCUT2D eigenvalue weighted by Crippen LogP contribution is 2.25. The van der Waals surface area contributed by atoms with Crippen LogP contribution in [0.3, 0.4) is 0 Å². The molecule has 27 heavy (non-hydrogen) atoms. The fraction of sp³-hybridized carbons (Fsp3) is 0.722. The standard InChI is InChI=1S/C18H27F3N4O2/c1-17(2,3)27-16(26)25-9-6-14(7-10-25)24-15-13(11-22-12-23-15)5-4-8-18(19,20)21/h11-12,14H,4-10H2,1-3H3,(H,22,23,24). The summed E-state index contributed by atoms with van der Waals surface area (Å²) in [5.41, 5.74) is 0.148. The number of carbonyl (C=O) groups excluding carboxylic acids is 1. The molecule has 1 aliphatic heterocycles. The van der Waals surface area contributed by atoms with Crippen LogP contribution in [0.25, 0.3) is 0 Å². The zero-order valence-corrected chi connectivity index (χ0v) is 16.0. The predicted molar refractivity (Wildman–Crippen MR) is 95.5 cm³/mol. The van der Waals surface area contributed by atoms with E-state index in [1.165, 1.54) is 6.33 Å². The Kier molecular flexibility index (Phi) is 6.89. The third kappa shape index (κ3) is 7.60. The number of ether oxygens (including phenoxy) is 1. The van der Waals surface area contributed by atoms with Gasteiger partial charge in [0.25, 0.3) is 0 Å². The highest BCUT2D eigenvalue weighted by molar-refractivity contribution is 5.68. The van der Waals surface area contributed by atoms with Gasteiger partial charge in [-0.25, -0.2) is 14.8 Å². The van der Waals surface area contributed by atoms with Crippen molar-refractivity contribution < 1.29 is 22.7 Å². The third-order valence-corrected chi connectivity index (χ3v) is 4.18. The van der Waals surface area contributed by atoms with E-state index in [2.05, 4.69) is 15.3 Å². The van der Waals surface area contributed by atoms with Crippen molar-refractivity contribution in [2.75, 3.05) is 18.4 Å². The van der Waals surface area contributed by atoms with E-state index in [0.29, 0.717) is 37.3 Å². The van der Waals surface area contributed by atoms with E-state index in [-0.39, 0.29) is 25.0 Å². The molecule has 1 N–H and O–H groups in total. The normalized spacial score (nSPS) is 16.3. The largest absolute Gasteiger partial charge is 0.444 e. The van der Waals surface area contributed by atoms with Crippen LogP contribution in [0.15, 0.2) is 12.5 Å². The summed E-state index contributed by atoms with van der Waals surface area (Å²) in [6.07, 6.45) is -0.672. The maximum atomic E-state index is 12.3. The van der Waals surface area contributed by atoms with Crippen LogP contribution in [-0.2, 0) is 11.2 Å². The Bertz CT molecular complexity index is 624. The van der Waals surface area contributed by atoms with Gasteiger partial charge in [0.2, 0.25) is 0 Å². The number of carbonyl (C=O) groups is 1.